The summed E-state index contributed by atoms with van der Waals surface area (Å²) in [5.41, 5.74) is 0.374. The topological polar surface area (TPSA) is 90.3 Å². The first-order valence-electron chi connectivity index (χ1n) is 10.0. The van der Waals surface area contributed by atoms with E-state index in [1.54, 1.807) is 6.07 Å². The number of alkyl halides is 3. The molecule has 0 radical (unpaired) electrons. The first-order chi connectivity index (χ1) is 15.6. The third-order valence-corrected chi connectivity index (χ3v) is 6.63. The van der Waals surface area contributed by atoms with Crippen molar-refractivity contribution < 1.29 is 27.0 Å². The molecule has 6 nitrogen and oxygen atoms in total. The fourth-order valence-corrected chi connectivity index (χ4v) is 5.02. The van der Waals surface area contributed by atoms with Crippen molar-refractivity contribution in [1.82, 2.24) is 5.32 Å². The molecule has 0 aromatic heterocycles. The maximum atomic E-state index is 13.3. The lowest BCUT2D eigenvalue weighted by atomic mass is 9.84. The zero-order valence-electron chi connectivity index (χ0n) is 17.4. The molecule has 4 rings (SSSR count). The van der Waals surface area contributed by atoms with E-state index in [1.807, 2.05) is 6.07 Å². The maximum Gasteiger partial charge on any atom is 0.416 e. The second-order valence-corrected chi connectivity index (χ2v) is 9.07. The standard InChI is InChI=1S/C23H18F3N3O3S/c1-33(32)19-10-13(12-27)8-9-16(19)21-20-17(6-3-7-18(20)30)29(22(31)28-21)15-5-2-4-14(11-15)23(24,25)26/h2,4-5,8-11,21H,3,6-7H2,1H3,(H,28,31). The van der Waals surface area contributed by atoms with Gasteiger partial charge in [-0.25, -0.2) is 4.79 Å². The van der Waals surface area contributed by atoms with Crippen molar-refractivity contribution in [2.45, 2.75) is 36.4 Å². The van der Waals surface area contributed by atoms with E-state index < -0.39 is 34.6 Å². The Balaban J connectivity index is 1.89. The van der Waals surface area contributed by atoms with E-state index >= 15 is 0 Å². The number of carbonyl (C=O) groups excluding carboxylic acids is 2. The third kappa shape index (κ3) is 4.16. The number of amides is 2. The predicted octanol–water partition coefficient (Wildman–Crippen LogP) is 4.59. The number of carbonyl (C=O) groups is 2. The Bertz CT molecular complexity index is 1260. The Hall–Kier alpha value is -3.45. The summed E-state index contributed by atoms with van der Waals surface area (Å²) in [5.74, 6) is -0.240. The number of hydrogen-bond acceptors (Lipinski definition) is 4. The van der Waals surface area contributed by atoms with Crippen LogP contribution in [0.15, 0.2) is 58.6 Å². The van der Waals surface area contributed by atoms with Crippen molar-refractivity contribution in [2.24, 2.45) is 0 Å². The molecule has 2 aromatic carbocycles. The molecule has 0 saturated carbocycles. The van der Waals surface area contributed by atoms with E-state index in [9.17, 15) is 32.2 Å². The second kappa shape index (κ2) is 8.48. The van der Waals surface area contributed by atoms with E-state index in [0.717, 1.165) is 17.0 Å². The number of Topliss-reactive ketones (excluding diaryl/α,β-unsaturated/α-hetero) is 1. The van der Waals surface area contributed by atoms with E-state index in [1.165, 1.54) is 30.5 Å². The monoisotopic (exact) mass is 473 g/mol. The van der Waals surface area contributed by atoms with Crippen LogP contribution in [0.1, 0.15) is 42.0 Å². The van der Waals surface area contributed by atoms with Crippen molar-refractivity contribution >= 4 is 28.3 Å². The van der Waals surface area contributed by atoms with Gasteiger partial charge in [-0.15, -0.1) is 0 Å². The van der Waals surface area contributed by atoms with E-state index in [-0.39, 0.29) is 29.0 Å². The van der Waals surface area contributed by atoms with Gasteiger partial charge in [0, 0.05) is 28.8 Å². The third-order valence-electron chi connectivity index (χ3n) is 5.65. The summed E-state index contributed by atoms with van der Waals surface area (Å²) < 4.78 is 52.2. The highest BCUT2D eigenvalue weighted by Gasteiger charge is 2.41. The number of urea groups is 1. The van der Waals surface area contributed by atoms with Crippen molar-refractivity contribution in [3.63, 3.8) is 0 Å². The van der Waals surface area contributed by atoms with Crippen LogP contribution in [0.25, 0.3) is 0 Å². The van der Waals surface area contributed by atoms with Crippen LogP contribution < -0.4 is 10.2 Å². The minimum Gasteiger partial charge on any atom is -0.326 e. The molecule has 0 saturated heterocycles. The average Bonchev–Trinajstić information content (AvgIpc) is 2.77. The average molecular weight is 473 g/mol. The zero-order chi connectivity index (χ0) is 23.9. The molecular weight excluding hydrogens is 455 g/mol. The van der Waals surface area contributed by atoms with E-state index in [0.29, 0.717) is 29.0 Å². The molecule has 0 fully saturated rings. The number of nitrogens with one attached hydrogen (secondary N) is 1. The van der Waals surface area contributed by atoms with Gasteiger partial charge in [-0.05, 0) is 48.7 Å². The van der Waals surface area contributed by atoms with Crippen molar-refractivity contribution in [1.29, 1.82) is 5.26 Å². The fourth-order valence-electron chi connectivity index (χ4n) is 4.21. The highest BCUT2D eigenvalue weighted by molar-refractivity contribution is 7.84. The molecule has 2 unspecified atom stereocenters. The van der Waals surface area contributed by atoms with Gasteiger partial charge >= 0.3 is 12.2 Å². The molecule has 0 bridgehead atoms. The minimum atomic E-state index is -4.59. The quantitative estimate of drug-likeness (QED) is 0.706. The van der Waals surface area contributed by atoms with Crippen LogP contribution in [0.2, 0.25) is 0 Å². The summed E-state index contributed by atoms with van der Waals surface area (Å²) in [6.45, 7) is 0. The summed E-state index contributed by atoms with van der Waals surface area (Å²) >= 11 is 0. The molecule has 1 aliphatic heterocycles. The van der Waals surface area contributed by atoms with Gasteiger partial charge in [0.1, 0.15) is 0 Å². The summed E-state index contributed by atoms with van der Waals surface area (Å²) in [6.07, 6.45) is -2.16. The molecule has 33 heavy (non-hydrogen) atoms. The highest BCUT2D eigenvalue weighted by atomic mass is 32.2. The van der Waals surface area contributed by atoms with Crippen LogP contribution >= 0.6 is 0 Å². The molecular formula is C23H18F3N3O3S. The summed E-state index contributed by atoms with van der Waals surface area (Å²) in [4.78, 5) is 27.6. The van der Waals surface area contributed by atoms with Gasteiger partial charge in [-0.1, -0.05) is 12.1 Å². The van der Waals surface area contributed by atoms with Crippen LogP contribution in [0, 0.1) is 11.3 Å². The molecule has 2 aromatic rings. The molecule has 2 amide bonds. The van der Waals surface area contributed by atoms with Gasteiger partial charge in [0.15, 0.2) is 5.78 Å². The molecule has 1 heterocycles. The van der Waals surface area contributed by atoms with E-state index in [2.05, 4.69) is 5.32 Å². The molecule has 2 aliphatic rings. The second-order valence-electron chi connectivity index (χ2n) is 7.72. The first-order valence-corrected chi connectivity index (χ1v) is 11.6. The number of allylic oxidation sites excluding steroid dienone is 1. The Morgan fingerprint density at radius 1 is 1.15 bits per heavy atom. The molecule has 1 N–H and O–H groups in total. The number of anilines is 1. The molecule has 0 spiro atoms. The number of nitrogens with zero attached hydrogens (tertiary/aromatic N) is 2. The van der Waals surface area contributed by atoms with Gasteiger partial charge in [-0.3, -0.25) is 13.9 Å². The normalized spacial score (nSPS) is 19.6. The van der Waals surface area contributed by atoms with Crippen LogP contribution in [-0.2, 0) is 21.8 Å². The maximum absolute atomic E-state index is 13.3. The van der Waals surface area contributed by atoms with Crippen LogP contribution in [0.5, 0.6) is 0 Å². The summed E-state index contributed by atoms with van der Waals surface area (Å²) in [7, 11) is -1.52. The van der Waals surface area contributed by atoms with Gasteiger partial charge in [-0.2, -0.15) is 18.4 Å². The van der Waals surface area contributed by atoms with Gasteiger partial charge in [0.05, 0.1) is 39.7 Å². The van der Waals surface area contributed by atoms with Gasteiger partial charge < -0.3 is 5.32 Å². The highest BCUT2D eigenvalue weighted by Crippen LogP contribution is 2.41. The number of benzene rings is 2. The van der Waals surface area contributed by atoms with Crippen molar-refractivity contribution in [3.05, 3.63) is 70.4 Å². The van der Waals surface area contributed by atoms with Crippen molar-refractivity contribution in [2.75, 3.05) is 11.2 Å². The van der Waals surface area contributed by atoms with Crippen LogP contribution in [0.3, 0.4) is 0 Å². The Morgan fingerprint density at radius 2 is 1.91 bits per heavy atom. The van der Waals surface area contributed by atoms with Gasteiger partial charge in [0.25, 0.3) is 0 Å². The number of hydrogen-bond donors (Lipinski definition) is 1. The summed E-state index contributed by atoms with van der Waals surface area (Å²) in [5, 5.41) is 11.9. The lowest BCUT2D eigenvalue weighted by molar-refractivity contribution is -0.137. The number of halogens is 3. The first kappa shape index (κ1) is 22.7. The number of ketones is 1. The SMILES string of the molecule is CS(=O)c1cc(C#N)ccc1C1NC(=O)N(c2cccc(C(F)(F)F)c2)C2=C1C(=O)CCC2. The summed E-state index contributed by atoms with van der Waals surface area (Å²) in [6, 6.07) is 9.24. The smallest absolute Gasteiger partial charge is 0.326 e. The van der Waals surface area contributed by atoms with Gasteiger partial charge in [0.2, 0.25) is 0 Å². The largest absolute Gasteiger partial charge is 0.416 e. The van der Waals surface area contributed by atoms with E-state index in [4.69, 9.17) is 0 Å². The number of rotatable bonds is 3. The lowest BCUT2D eigenvalue weighted by Gasteiger charge is -2.39. The molecule has 1 aliphatic carbocycles. The Kier molecular flexibility index (Phi) is 5.84. The molecule has 170 valence electrons. The number of nitriles is 1. The Morgan fingerprint density at radius 3 is 2.58 bits per heavy atom. The minimum absolute atomic E-state index is 0.00194. The van der Waals surface area contributed by atoms with Crippen LogP contribution in [-0.4, -0.2) is 22.3 Å². The zero-order valence-corrected chi connectivity index (χ0v) is 18.2. The van der Waals surface area contributed by atoms with Crippen molar-refractivity contribution in [3.8, 4) is 6.07 Å². The predicted molar refractivity (Wildman–Crippen MR) is 115 cm³/mol. The molecule has 10 heteroatoms. The Labute approximate surface area is 190 Å². The molecule has 2 atom stereocenters. The lowest BCUT2D eigenvalue weighted by Crippen LogP contribution is -2.49. The van der Waals surface area contributed by atoms with Crippen LogP contribution in [0.4, 0.5) is 23.7 Å². The fraction of sp³-hybridized carbons (Fsp3) is 0.261.